The SMILES string of the molecule is CC(C)=CCOC1=Cc2cc(C)ccc2S(=O)C1. The maximum Gasteiger partial charge on any atom is 0.110 e. The molecule has 0 radical (unpaired) electrons. The highest BCUT2D eigenvalue weighted by Gasteiger charge is 2.17. The average molecular weight is 262 g/mol. The van der Waals surface area contributed by atoms with E-state index in [1.54, 1.807) is 0 Å². The summed E-state index contributed by atoms with van der Waals surface area (Å²) in [5, 5.41) is 0. The third-order valence-electron chi connectivity index (χ3n) is 2.76. The highest BCUT2D eigenvalue weighted by molar-refractivity contribution is 7.85. The van der Waals surface area contributed by atoms with Gasteiger partial charge in [-0.25, -0.2) is 0 Å². The monoisotopic (exact) mass is 262 g/mol. The van der Waals surface area contributed by atoms with E-state index >= 15 is 0 Å². The third kappa shape index (κ3) is 3.10. The van der Waals surface area contributed by atoms with Crippen molar-refractivity contribution < 1.29 is 8.95 Å². The predicted molar refractivity (Wildman–Crippen MR) is 75.8 cm³/mol. The van der Waals surface area contributed by atoms with Crippen LogP contribution < -0.4 is 0 Å². The summed E-state index contributed by atoms with van der Waals surface area (Å²) in [5.74, 6) is 1.29. The highest BCUT2D eigenvalue weighted by Crippen LogP contribution is 2.25. The van der Waals surface area contributed by atoms with Crippen molar-refractivity contribution in [3.8, 4) is 0 Å². The van der Waals surface area contributed by atoms with Crippen LogP contribution in [-0.4, -0.2) is 16.6 Å². The molecule has 0 saturated carbocycles. The Labute approximate surface area is 111 Å². The number of hydrogen-bond acceptors (Lipinski definition) is 2. The lowest BCUT2D eigenvalue weighted by Crippen LogP contribution is -2.11. The average Bonchev–Trinajstić information content (AvgIpc) is 2.27. The zero-order chi connectivity index (χ0) is 13.1. The van der Waals surface area contributed by atoms with Crippen molar-refractivity contribution in [2.45, 2.75) is 25.7 Å². The molecule has 2 nitrogen and oxygen atoms in total. The first-order valence-electron chi connectivity index (χ1n) is 6.02. The lowest BCUT2D eigenvalue weighted by molar-refractivity contribution is 0.253. The number of hydrogen-bond donors (Lipinski definition) is 0. The van der Waals surface area contributed by atoms with Gasteiger partial charge in [-0.3, -0.25) is 4.21 Å². The molecule has 0 spiro atoms. The molecule has 0 fully saturated rings. The smallest absolute Gasteiger partial charge is 0.110 e. The molecule has 1 aliphatic rings. The lowest BCUT2D eigenvalue weighted by atomic mass is 10.1. The topological polar surface area (TPSA) is 26.3 Å². The standard InChI is InChI=1S/C15H18O2S/c1-11(2)6-7-17-14-9-13-8-12(3)4-5-15(13)18(16)10-14/h4-6,8-9H,7,10H2,1-3H3. The number of ether oxygens (including phenoxy) is 1. The molecule has 1 atom stereocenters. The molecule has 0 aliphatic carbocycles. The van der Waals surface area contributed by atoms with Crippen molar-refractivity contribution in [3.63, 3.8) is 0 Å². The molecule has 1 aromatic carbocycles. The van der Waals surface area contributed by atoms with Gasteiger partial charge in [0.25, 0.3) is 0 Å². The quantitative estimate of drug-likeness (QED) is 0.780. The highest BCUT2D eigenvalue weighted by atomic mass is 32.2. The zero-order valence-electron chi connectivity index (χ0n) is 11.0. The van der Waals surface area contributed by atoms with Crippen LogP contribution in [0.1, 0.15) is 25.0 Å². The Morgan fingerprint density at radius 1 is 1.44 bits per heavy atom. The molecule has 1 unspecified atom stereocenters. The first-order chi connectivity index (χ1) is 8.56. The van der Waals surface area contributed by atoms with Gasteiger partial charge in [0, 0.05) is 4.90 Å². The van der Waals surface area contributed by atoms with Crippen molar-refractivity contribution >= 4 is 16.9 Å². The van der Waals surface area contributed by atoms with Gasteiger partial charge in [0.2, 0.25) is 0 Å². The molecule has 0 aromatic heterocycles. The number of fused-ring (bicyclic) bond motifs is 1. The van der Waals surface area contributed by atoms with E-state index in [1.165, 1.54) is 11.1 Å². The number of benzene rings is 1. The minimum atomic E-state index is -0.982. The van der Waals surface area contributed by atoms with Crippen molar-refractivity contribution in [2.24, 2.45) is 0 Å². The van der Waals surface area contributed by atoms with Gasteiger partial charge in [0.05, 0.1) is 16.6 Å². The summed E-state index contributed by atoms with van der Waals surface area (Å²) in [5.41, 5.74) is 3.42. The third-order valence-corrected chi connectivity index (χ3v) is 4.17. The second-order valence-electron chi connectivity index (χ2n) is 4.73. The molecule has 1 aromatic rings. The van der Waals surface area contributed by atoms with Gasteiger partial charge < -0.3 is 4.74 Å². The van der Waals surface area contributed by atoms with Crippen LogP contribution in [0.5, 0.6) is 0 Å². The Hall–Kier alpha value is -1.35. The van der Waals surface area contributed by atoms with Gasteiger partial charge in [0.15, 0.2) is 0 Å². The Morgan fingerprint density at radius 3 is 2.94 bits per heavy atom. The first kappa shape index (κ1) is 13.1. The predicted octanol–water partition coefficient (Wildman–Crippen LogP) is 3.44. The summed E-state index contributed by atoms with van der Waals surface area (Å²) < 4.78 is 17.7. The van der Waals surface area contributed by atoms with E-state index in [9.17, 15) is 4.21 Å². The minimum absolute atomic E-state index is 0.479. The molecule has 1 aliphatic heterocycles. The fraction of sp³-hybridized carbons (Fsp3) is 0.333. The summed E-state index contributed by atoms with van der Waals surface area (Å²) >= 11 is 0. The number of rotatable bonds is 3. The van der Waals surface area contributed by atoms with Crippen LogP contribution in [0.15, 0.2) is 40.5 Å². The Kier molecular flexibility index (Phi) is 4.02. The summed E-state index contributed by atoms with van der Waals surface area (Å²) in [6.45, 7) is 6.66. The van der Waals surface area contributed by atoms with Gasteiger partial charge in [-0.2, -0.15) is 0 Å². The fourth-order valence-electron chi connectivity index (χ4n) is 1.81. The van der Waals surface area contributed by atoms with E-state index in [1.807, 2.05) is 45.1 Å². The molecule has 1 heterocycles. The maximum absolute atomic E-state index is 12.1. The van der Waals surface area contributed by atoms with Crippen molar-refractivity contribution in [1.29, 1.82) is 0 Å². The molecule has 18 heavy (non-hydrogen) atoms. The number of aryl methyl sites for hydroxylation is 1. The molecule has 0 saturated heterocycles. The van der Waals surface area contributed by atoms with Crippen molar-refractivity contribution in [2.75, 3.05) is 12.4 Å². The summed E-state index contributed by atoms with van der Waals surface area (Å²) in [4.78, 5) is 0.912. The van der Waals surface area contributed by atoms with Crippen LogP contribution in [0.3, 0.4) is 0 Å². The fourth-order valence-corrected chi connectivity index (χ4v) is 2.99. The van der Waals surface area contributed by atoms with Crippen molar-refractivity contribution in [1.82, 2.24) is 0 Å². The molecule has 0 bridgehead atoms. The second-order valence-corrected chi connectivity index (χ2v) is 6.15. The summed E-state index contributed by atoms with van der Waals surface area (Å²) in [6, 6.07) is 6.00. The van der Waals surface area contributed by atoms with E-state index in [0.717, 1.165) is 16.2 Å². The van der Waals surface area contributed by atoms with Gasteiger partial charge >= 0.3 is 0 Å². The van der Waals surface area contributed by atoms with E-state index in [0.29, 0.717) is 12.4 Å². The normalized spacial score (nSPS) is 17.7. The second kappa shape index (κ2) is 5.53. The Balaban J connectivity index is 2.20. The molecular formula is C15H18O2S. The lowest BCUT2D eigenvalue weighted by Gasteiger charge is -2.16. The summed E-state index contributed by atoms with van der Waals surface area (Å²) in [6.07, 6.45) is 4.03. The van der Waals surface area contributed by atoms with Crippen LogP contribution in [0.4, 0.5) is 0 Å². The van der Waals surface area contributed by atoms with Crippen LogP contribution >= 0.6 is 0 Å². The van der Waals surface area contributed by atoms with Crippen LogP contribution in [0.2, 0.25) is 0 Å². The van der Waals surface area contributed by atoms with E-state index in [2.05, 4.69) is 6.07 Å². The number of allylic oxidation sites excluding steroid dienone is 1. The van der Waals surface area contributed by atoms with Crippen molar-refractivity contribution in [3.05, 3.63) is 46.7 Å². The van der Waals surface area contributed by atoms with Gasteiger partial charge in [-0.1, -0.05) is 23.3 Å². The Morgan fingerprint density at radius 2 is 2.22 bits per heavy atom. The Bertz CT molecular complexity index is 537. The summed E-state index contributed by atoms with van der Waals surface area (Å²) in [7, 11) is -0.982. The zero-order valence-corrected chi connectivity index (χ0v) is 11.8. The molecule has 0 amide bonds. The maximum atomic E-state index is 12.1. The first-order valence-corrected chi connectivity index (χ1v) is 7.34. The van der Waals surface area contributed by atoms with Gasteiger partial charge in [-0.15, -0.1) is 0 Å². The van der Waals surface area contributed by atoms with Gasteiger partial charge in [0.1, 0.15) is 12.4 Å². The van der Waals surface area contributed by atoms with E-state index in [4.69, 9.17) is 4.74 Å². The van der Waals surface area contributed by atoms with Crippen LogP contribution in [0.25, 0.3) is 6.08 Å². The van der Waals surface area contributed by atoms with Crippen LogP contribution in [-0.2, 0) is 15.5 Å². The molecule has 0 N–H and O–H groups in total. The minimum Gasteiger partial charge on any atom is -0.493 e. The van der Waals surface area contributed by atoms with E-state index in [-0.39, 0.29) is 0 Å². The largest absolute Gasteiger partial charge is 0.493 e. The van der Waals surface area contributed by atoms with E-state index < -0.39 is 10.8 Å². The molecular weight excluding hydrogens is 244 g/mol. The van der Waals surface area contributed by atoms with Crippen LogP contribution in [0, 0.1) is 6.92 Å². The molecule has 96 valence electrons. The van der Waals surface area contributed by atoms with Gasteiger partial charge in [-0.05, 0) is 44.6 Å². The molecule has 3 heteroatoms. The molecule has 2 rings (SSSR count).